The maximum atomic E-state index is 13.5. The van der Waals surface area contributed by atoms with E-state index in [1.54, 1.807) is 18.3 Å². The van der Waals surface area contributed by atoms with Crippen molar-refractivity contribution in [2.45, 2.75) is 70.6 Å². The van der Waals surface area contributed by atoms with E-state index in [4.69, 9.17) is 30.6 Å². The molecule has 0 amide bonds. The number of carbonyl (C=O) groups is 1. The fourth-order valence-electron chi connectivity index (χ4n) is 4.57. The average molecular weight is 517 g/mol. The Hall–Kier alpha value is -2.84. The van der Waals surface area contributed by atoms with E-state index in [0.717, 1.165) is 30.5 Å². The van der Waals surface area contributed by atoms with Crippen molar-refractivity contribution in [2.75, 3.05) is 20.3 Å². The van der Waals surface area contributed by atoms with Crippen molar-refractivity contribution in [1.82, 2.24) is 4.57 Å². The van der Waals surface area contributed by atoms with Gasteiger partial charge in [-0.1, -0.05) is 22.8 Å². The van der Waals surface area contributed by atoms with Gasteiger partial charge in [0.15, 0.2) is 0 Å². The van der Waals surface area contributed by atoms with E-state index in [1.165, 1.54) is 17.7 Å². The van der Waals surface area contributed by atoms with Crippen LogP contribution >= 0.6 is 11.6 Å². The van der Waals surface area contributed by atoms with Gasteiger partial charge in [0.05, 0.1) is 25.1 Å². The fourth-order valence-corrected chi connectivity index (χ4v) is 4.74. The molecular weight excluding hydrogens is 484 g/mol. The van der Waals surface area contributed by atoms with Crippen molar-refractivity contribution in [1.29, 1.82) is 0 Å². The van der Waals surface area contributed by atoms with Crippen LogP contribution in [0, 0.1) is 0 Å². The largest absolute Gasteiger partial charge is 0.495 e. The van der Waals surface area contributed by atoms with E-state index >= 15 is 0 Å². The fraction of sp³-hybridized carbons (Fsp3) is 0.519. The van der Waals surface area contributed by atoms with Crippen molar-refractivity contribution in [2.24, 2.45) is 5.16 Å². The first-order valence-electron chi connectivity index (χ1n) is 12.3. The number of aromatic nitrogens is 1. The van der Waals surface area contributed by atoms with E-state index in [1.807, 2.05) is 26.8 Å². The van der Waals surface area contributed by atoms with Gasteiger partial charge in [0.2, 0.25) is 0 Å². The molecule has 1 saturated heterocycles. The van der Waals surface area contributed by atoms with E-state index < -0.39 is 17.6 Å². The van der Waals surface area contributed by atoms with Crippen molar-refractivity contribution in [3.05, 3.63) is 51.4 Å². The zero-order chi connectivity index (χ0) is 25.9. The molecule has 36 heavy (non-hydrogen) atoms. The Kier molecular flexibility index (Phi) is 8.05. The van der Waals surface area contributed by atoms with Gasteiger partial charge in [-0.3, -0.25) is 9.36 Å². The van der Waals surface area contributed by atoms with Crippen LogP contribution in [0.25, 0.3) is 11.1 Å². The molecule has 3 heterocycles. The molecule has 9 heteroatoms. The van der Waals surface area contributed by atoms with E-state index in [0.29, 0.717) is 48.0 Å². The highest BCUT2D eigenvalue weighted by atomic mass is 35.5. The molecule has 2 aromatic rings. The lowest BCUT2D eigenvalue weighted by Gasteiger charge is -2.30. The summed E-state index contributed by atoms with van der Waals surface area (Å²) >= 11 is 6.33. The number of pyridine rings is 1. The van der Waals surface area contributed by atoms with Crippen LogP contribution < -0.4 is 10.3 Å². The Morgan fingerprint density at radius 1 is 1.19 bits per heavy atom. The number of methoxy groups -OCH3 is 1. The third kappa shape index (κ3) is 6.10. The van der Waals surface area contributed by atoms with Gasteiger partial charge in [0.25, 0.3) is 5.56 Å². The standard InChI is InChI=1S/C27H33ClN2O6/c1-27(2,3)36-26(32)23(14-18-7-5-6-11-34-18)30-16-24(33-4)21(15-25(30)31)20-13-17(28)8-9-19(20)22-10-12-35-29-22/h8-9,13,15-16,18,23H,5-7,10-12,14H2,1-4H3. The van der Waals surface area contributed by atoms with Crippen LogP contribution in [-0.2, 0) is 19.1 Å². The smallest absolute Gasteiger partial charge is 0.329 e. The minimum atomic E-state index is -0.853. The van der Waals surface area contributed by atoms with Gasteiger partial charge in [-0.05, 0) is 57.7 Å². The highest BCUT2D eigenvalue weighted by molar-refractivity contribution is 6.31. The quantitative estimate of drug-likeness (QED) is 0.473. The molecule has 8 nitrogen and oxygen atoms in total. The minimum Gasteiger partial charge on any atom is -0.495 e. The van der Waals surface area contributed by atoms with Gasteiger partial charge in [0, 0.05) is 41.7 Å². The van der Waals surface area contributed by atoms with E-state index in [9.17, 15) is 9.59 Å². The molecule has 194 valence electrons. The number of nitrogens with zero attached hydrogens (tertiary/aromatic N) is 2. The summed E-state index contributed by atoms with van der Waals surface area (Å²) in [6, 6.07) is 6.04. The van der Waals surface area contributed by atoms with Gasteiger partial charge < -0.3 is 19.0 Å². The molecule has 2 aliphatic rings. The Balaban J connectivity index is 1.78. The first-order valence-corrected chi connectivity index (χ1v) is 12.7. The maximum Gasteiger partial charge on any atom is 0.329 e. The number of benzene rings is 1. The lowest BCUT2D eigenvalue weighted by molar-refractivity contribution is -0.160. The molecule has 0 spiro atoms. The van der Waals surface area contributed by atoms with Crippen LogP contribution in [0.15, 0.2) is 40.4 Å². The molecule has 4 rings (SSSR count). The number of ether oxygens (including phenoxy) is 3. The normalized spacial score (nSPS) is 18.8. The molecule has 1 aromatic heterocycles. The second kappa shape index (κ2) is 11.0. The lowest BCUT2D eigenvalue weighted by atomic mass is 9.95. The number of oxime groups is 1. The minimum absolute atomic E-state index is 0.131. The molecule has 1 fully saturated rings. The molecule has 1 aromatic carbocycles. The van der Waals surface area contributed by atoms with Crippen LogP contribution in [0.4, 0.5) is 0 Å². The number of halogens is 1. The van der Waals surface area contributed by atoms with Crippen LogP contribution in [-0.4, -0.2) is 48.3 Å². The third-order valence-electron chi connectivity index (χ3n) is 6.23. The summed E-state index contributed by atoms with van der Waals surface area (Å²) in [7, 11) is 1.53. The predicted octanol–water partition coefficient (Wildman–Crippen LogP) is 5.14. The van der Waals surface area contributed by atoms with E-state index in [2.05, 4.69) is 5.16 Å². The molecule has 0 bridgehead atoms. The Bertz CT molecular complexity index is 1190. The summed E-state index contributed by atoms with van der Waals surface area (Å²) in [5, 5.41) is 4.66. The molecule has 0 saturated carbocycles. The maximum absolute atomic E-state index is 13.5. The molecular formula is C27H33ClN2O6. The Morgan fingerprint density at radius 2 is 2.00 bits per heavy atom. The topological polar surface area (TPSA) is 88.3 Å². The van der Waals surface area contributed by atoms with Crippen LogP contribution in [0.2, 0.25) is 5.02 Å². The molecule has 2 aliphatic heterocycles. The number of hydrogen-bond acceptors (Lipinski definition) is 7. The van der Waals surface area contributed by atoms with Crippen LogP contribution in [0.5, 0.6) is 5.75 Å². The van der Waals surface area contributed by atoms with E-state index in [-0.39, 0.29) is 11.7 Å². The first kappa shape index (κ1) is 26.2. The van der Waals surface area contributed by atoms with Crippen molar-refractivity contribution in [3.63, 3.8) is 0 Å². The summed E-state index contributed by atoms with van der Waals surface area (Å²) in [6.45, 7) is 6.57. The lowest BCUT2D eigenvalue weighted by Crippen LogP contribution is -2.37. The van der Waals surface area contributed by atoms with Crippen molar-refractivity contribution in [3.8, 4) is 16.9 Å². The Labute approximate surface area is 216 Å². The monoisotopic (exact) mass is 516 g/mol. The zero-order valence-electron chi connectivity index (χ0n) is 21.2. The van der Waals surface area contributed by atoms with Gasteiger partial charge in [0.1, 0.15) is 24.0 Å². The summed E-state index contributed by atoms with van der Waals surface area (Å²) in [6.07, 6.45) is 5.28. The van der Waals surface area contributed by atoms with Crippen molar-refractivity contribution < 1.29 is 23.8 Å². The second-order valence-corrected chi connectivity index (χ2v) is 10.5. The highest BCUT2D eigenvalue weighted by Gasteiger charge is 2.32. The molecule has 2 atom stereocenters. The SMILES string of the molecule is COc1cn(C(CC2CCCCO2)C(=O)OC(C)(C)C)c(=O)cc1-c1cc(Cl)ccc1C1=NOCC1. The number of esters is 1. The molecule has 2 unspecified atom stereocenters. The summed E-state index contributed by atoms with van der Waals surface area (Å²) in [5.41, 5.74) is 1.80. The van der Waals surface area contributed by atoms with Gasteiger partial charge in [-0.15, -0.1) is 0 Å². The van der Waals surface area contributed by atoms with Gasteiger partial charge >= 0.3 is 5.97 Å². The summed E-state index contributed by atoms with van der Waals surface area (Å²) < 4.78 is 18.7. The third-order valence-corrected chi connectivity index (χ3v) is 6.46. The summed E-state index contributed by atoms with van der Waals surface area (Å²) in [5.74, 6) is -0.0507. The highest BCUT2D eigenvalue weighted by Crippen LogP contribution is 2.35. The number of rotatable bonds is 7. The van der Waals surface area contributed by atoms with Gasteiger partial charge in [-0.25, -0.2) is 4.79 Å². The van der Waals surface area contributed by atoms with Gasteiger partial charge in [-0.2, -0.15) is 0 Å². The molecule has 0 N–H and O–H groups in total. The number of hydrogen-bond donors (Lipinski definition) is 0. The van der Waals surface area contributed by atoms with Crippen LogP contribution in [0.3, 0.4) is 0 Å². The summed E-state index contributed by atoms with van der Waals surface area (Å²) in [4.78, 5) is 32.0. The zero-order valence-corrected chi connectivity index (χ0v) is 22.0. The van der Waals surface area contributed by atoms with Crippen molar-refractivity contribution >= 4 is 23.3 Å². The Morgan fingerprint density at radius 3 is 2.64 bits per heavy atom. The number of carbonyl (C=O) groups excluding carboxylic acids is 1. The van der Waals surface area contributed by atoms with Crippen LogP contribution in [0.1, 0.15) is 64.5 Å². The average Bonchev–Trinajstić information content (AvgIpc) is 3.37. The second-order valence-electron chi connectivity index (χ2n) is 10.1. The first-order chi connectivity index (χ1) is 17.2. The molecule has 0 aliphatic carbocycles. The predicted molar refractivity (Wildman–Crippen MR) is 138 cm³/mol. The molecule has 0 radical (unpaired) electrons.